The van der Waals surface area contributed by atoms with Gasteiger partial charge in [0.15, 0.2) is 0 Å². The lowest BCUT2D eigenvalue weighted by Gasteiger charge is -2.27. The average Bonchev–Trinajstić information content (AvgIpc) is 3.55. The number of imidazole rings is 1. The summed E-state index contributed by atoms with van der Waals surface area (Å²) in [6.07, 6.45) is 6.88. The molecule has 0 bridgehead atoms. The highest BCUT2D eigenvalue weighted by molar-refractivity contribution is 7.17. The summed E-state index contributed by atoms with van der Waals surface area (Å²) in [4.78, 5) is 7.48. The zero-order chi connectivity index (χ0) is 22.6. The van der Waals surface area contributed by atoms with Gasteiger partial charge in [0.2, 0.25) is 0 Å². The Bertz CT molecular complexity index is 1290. The molecule has 0 spiro atoms. The molecule has 1 unspecified atom stereocenters. The van der Waals surface area contributed by atoms with Crippen LogP contribution < -0.4 is 10.1 Å². The highest BCUT2D eigenvalue weighted by atomic mass is 32.1. The summed E-state index contributed by atoms with van der Waals surface area (Å²) in [5.41, 5.74) is 5.20. The van der Waals surface area contributed by atoms with Crippen LogP contribution in [0.25, 0.3) is 21.1 Å². The molecule has 2 aromatic heterocycles. The molecule has 2 N–H and O–H groups in total. The molecule has 0 saturated heterocycles. The molecule has 7 nitrogen and oxygen atoms in total. The molecule has 0 radical (unpaired) electrons. The first-order valence-corrected chi connectivity index (χ1v) is 11.9. The van der Waals surface area contributed by atoms with Crippen LogP contribution in [0.1, 0.15) is 48.3 Å². The summed E-state index contributed by atoms with van der Waals surface area (Å²) >= 11 is 1.56. The molecule has 0 saturated carbocycles. The molecule has 33 heavy (non-hydrogen) atoms. The van der Waals surface area contributed by atoms with E-state index in [2.05, 4.69) is 49.8 Å². The van der Waals surface area contributed by atoms with Gasteiger partial charge in [0.1, 0.15) is 27.7 Å². The monoisotopic (exact) mass is 456 g/mol. The van der Waals surface area contributed by atoms with E-state index in [1.165, 1.54) is 11.1 Å². The van der Waals surface area contributed by atoms with Crippen LogP contribution in [0, 0.1) is 11.3 Å². The van der Waals surface area contributed by atoms with E-state index in [9.17, 15) is 5.26 Å². The summed E-state index contributed by atoms with van der Waals surface area (Å²) in [7, 11) is 0. The van der Waals surface area contributed by atoms with Gasteiger partial charge in [0.05, 0.1) is 18.7 Å². The second kappa shape index (κ2) is 9.53. The van der Waals surface area contributed by atoms with Gasteiger partial charge >= 0.3 is 0 Å². The number of benzene rings is 2. The molecular formula is C25H24N6OS. The SMILES string of the molecule is CCOc1ccc(-c2nnc(-c3cccc4c3CCCC4NCc3ncc[nH]3)s2)cc1C#N. The lowest BCUT2D eigenvalue weighted by Crippen LogP contribution is -2.25. The average molecular weight is 457 g/mol. The normalized spacial score (nSPS) is 15.1. The molecule has 166 valence electrons. The third-order valence-corrected chi connectivity index (χ3v) is 6.89. The smallest absolute Gasteiger partial charge is 0.148 e. The van der Waals surface area contributed by atoms with Crippen LogP contribution in [0.3, 0.4) is 0 Å². The van der Waals surface area contributed by atoms with Crippen LogP contribution in [0.4, 0.5) is 0 Å². The summed E-state index contributed by atoms with van der Waals surface area (Å²) in [6, 6.07) is 14.5. The quantitative estimate of drug-likeness (QED) is 0.404. The standard InChI is InChI=1S/C25H24N6OS/c1-2-32-22-10-9-16(13-17(22)14-26)24-30-31-25(33-24)20-7-3-6-19-18(20)5-4-8-21(19)29-15-23-27-11-12-28-23/h3,6-7,9-13,21,29H,2,4-5,8,15H2,1H3,(H,27,28). The molecule has 2 aromatic carbocycles. The molecule has 8 heteroatoms. The third kappa shape index (κ3) is 4.38. The molecule has 2 heterocycles. The van der Waals surface area contributed by atoms with Crippen molar-refractivity contribution < 1.29 is 4.74 Å². The molecule has 5 rings (SSSR count). The minimum absolute atomic E-state index is 0.287. The Labute approximate surface area is 196 Å². The zero-order valence-corrected chi connectivity index (χ0v) is 19.2. The Kier molecular flexibility index (Phi) is 6.15. The van der Waals surface area contributed by atoms with Gasteiger partial charge < -0.3 is 15.0 Å². The van der Waals surface area contributed by atoms with Gasteiger partial charge in [-0.25, -0.2) is 4.98 Å². The summed E-state index contributed by atoms with van der Waals surface area (Å²) in [5.74, 6) is 1.54. The van der Waals surface area contributed by atoms with E-state index >= 15 is 0 Å². The van der Waals surface area contributed by atoms with Gasteiger partial charge in [-0.05, 0) is 55.5 Å². The van der Waals surface area contributed by atoms with E-state index in [0.717, 1.165) is 46.2 Å². The minimum atomic E-state index is 0.287. The van der Waals surface area contributed by atoms with E-state index in [0.29, 0.717) is 24.5 Å². The van der Waals surface area contributed by atoms with Gasteiger partial charge in [-0.15, -0.1) is 10.2 Å². The third-order valence-electron chi connectivity index (χ3n) is 5.88. The van der Waals surface area contributed by atoms with Crippen molar-refractivity contribution in [2.45, 2.75) is 38.8 Å². The Morgan fingerprint density at radius 1 is 1.24 bits per heavy atom. The first kappa shape index (κ1) is 21.3. The van der Waals surface area contributed by atoms with Crippen molar-refractivity contribution in [3.63, 3.8) is 0 Å². The first-order chi connectivity index (χ1) is 16.3. The summed E-state index contributed by atoms with van der Waals surface area (Å²) in [6.45, 7) is 3.14. The number of H-pyrrole nitrogens is 1. The van der Waals surface area contributed by atoms with Crippen molar-refractivity contribution in [2.75, 3.05) is 6.61 Å². The largest absolute Gasteiger partial charge is 0.492 e. The number of rotatable bonds is 7. The summed E-state index contributed by atoms with van der Waals surface area (Å²) < 4.78 is 5.54. The van der Waals surface area contributed by atoms with Crippen LogP contribution in [0.2, 0.25) is 0 Å². The molecule has 1 aliphatic carbocycles. The lowest BCUT2D eigenvalue weighted by molar-refractivity contribution is 0.339. The second-order valence-corrected chi connectivity index (χ2v) is 8.88. The Morgan fingerprint density at radius 2 is 2.15 bits per heavy atom. The van der Waals surface area contributed by atoms with E-state index in [4.69, 9.17) is 4.74 Å². The van der Waals surface area contributed by atoms with Gasteiger partial charge in [-0.2, -0.15) is 5.26 Å². The van der Waals surface area contributed by atoms with E-state index < -0.39 is 0 Å². The fourth-order valence-corrected chi connectivity index (χ4v) is 5.25. The molecule has 0 fully saturated rings. The number of fused-ring (bicyclic) bond motifs is 1. The van der Waals surface area contributed by atoms with E-state index in [-0.39, 0.29) is 6.04 Å². The fourth-order valence-electron chi connectivity index (χ4n) is 4.36. The number of nitrogens with one attached hydrogen (secondary N) is 2. The van der Waals surface area contributed by atoms with Crippen LogP contribution in [0.15, 0.2) is 48.8 Å². The second-order valence-electron chi connectivity index (χ2n) is 7.90. The lowest BCUT2D eigenvalue weighted by atomic mass is 9.85. The van der Waals surface area contributed by atoms with Crippen LogP contribution in [-0.2, 0) is 13.0 Å². The van der Waals surface area contributed by atoms with Crippen LogP contribution in [-0.4, -0.2) is 26.8 Å². The molecule has 1 aliphatic rings. The number of hydrogen-bond acceptors (Lipinski definition) is 7. The number of nitriles is 1. The van der Waals surface area contributed by atoms with Crippen LogP contribution in [0.5, 0.6) is 5.75 Å². The molecule has 0 amide bonds. The first-order valence-electron chi connectivity index (χ1n) is 11.1. The van der Waals surface area contributed by atoms with Crippen molar-refractivity contribution in [3.05, 3.63) is 71.3 Å². The minimum Gasteiger partial charge on any atom is -0.492 e. The Hall–Kier alpha value is -3.54. The van der Waals surface area contributed by atoms with Crippen molar-refractivity contribution >= 4 is 11.3 Å². The van der Waals surface area contributed by atoms with Gasteiger partial charge in [0.25, 0.3) is 0 Å². The van der Waals surface area contributed by atoms with Gasteiger partial charge in [-0.1, -0.05) is 29.5 Å². The number of nitrogens with zero attached hydrogens (tertiary/aromatic N) is 4. The Balaban J connectivity index is 1.42. The van der Waals surface area contributed by atoms with Crippen molar-refractivity contribution in [1.82, 2.24) is 25.5 Å². The van der Waals surface area contributed by atoms with E-state index in [1.807, 2.05) is 31.3 Å². The van der Waals surface area contributed by atoms with Gasteiger partial charge in [0, 0.05) is 29.6 Å². The summed E-state index contributed by atoms with van der Waals surface area (Å²) in [5, 5.41) is 23.8. The van der Waals surface area contributed by atoms with Crippen molar-refractivity contribution in [1.29, 1.82) is 5.26 Å². The molecule has 1 atom stereocenters. The van der Waals surface area contributed by atoms with E-state index in [1.54, 1.807) is 17.5 Å². The maximum Gasteiger partial charge on any atom is 0.148 e. The highest BCUT2D eigenvalue weighted by Gasteiger charge is 2.24. The van der Waals surface area contributed by atoms with Crippen LogP contribution >= 0.6 is 11.3 Å². The number of ether oxygens (including phenoxy) is 1. The predicted molar refractivity (Wildman–Crippen MR) is 128 cm³/mol. The van der Waals surface area contributed by atoms with Crippen molar-refractivity contribution in [3.8, 4) is 33.0 Å². The Morgan fingerprint density at radius 3 is 2.97 bits per heavy atom. The number of hydrogen-bond donors (Lipinski definition) is 2. The molecule has 0 aliphatic heterocycles. The topological polar surface area (TPSA) is 99.5 Å². The maximum atomic E-state index is 9.49. The number of aromatic nitrogens is 4. The van der Waals surface area contributed by atoms with Gasteiger partial charge in [-0.3, -0.25) is 0 Å². The predicted octanol–water partition coefficient (Wildman–Crippen LogP) is 5.03. The molecular weight excluding hydrogens is 432 g/mol. The molecule has 4 aromatic rings. The maximum absolute atomic E-state index is 9.49. The number of aromatic amines is 1. The highest BCUT2D eigenvalue weighted by Crippen LogP contribution is 2.39. The fraction of sp³-hybridized carbons (Fsp3) is 0.280. The zero-order valence-electron chi connectivity index (χ0n) is 18.3. The van der Waals surface area contributed by atoms with Crippen molar-refractivity contribution in [2.24, 2.45) is 0 Å².